The summed E-state index contributed by atoms with van der Waals surface area (Å²) in [5.41, 5.74) is 5.26. The lowest BCUT2D eigenvalue weighted by Gasteiger charge is -2.19. The summed E-state index contributed by atoms with van der Waals surface area (Å²) >= 11 is 0. The molecule has 0 spiro atoms. The fourth-order valence-corrected chi connectivity index (χ4v) is 1.21. The van der Waals surface area contributed by atoms with E-state index in [9.17, 15) is 9.59 Å². The predicted molar refractivity (Wildman–Crippen MR) is 56.7 cm³/mol. The second-order valence-corrected chi connectivity index (χ2v) is 3.06. The van der Waals surface area contributed by atoms with Crippen molar-refractivity contribution in [2.24, 2.45) is 5.73 Å². The van der Waals surface area contributed by atoms with Gasteiger partial charge in [-0.2, -0.15) is 0 Å². The highest BCUT2D eigenvalue weighted by Gasteiger charge is 2.19. The van der Waals surface area contributed by atoms with E-state index < -0.39 is 11.8 Å². The molecule has 86 valence electrons. The van der Waals surface area contributed by atoms with E-state index in [1.54, 1.807) is 0 Å². The molecule has 4 N–H and O–H groups in total. The number of aliphatic hydroxyl groups is 1. The summed E-state index contributed by atoms with van der Waals surface area (Å²) in [5, 5.41) is 17.9. The van der Waals surface area contributed by atoms with Crippen LogP contribution in [0, 0.1) is 0 Å². The van der Waals surface area contributed by atoms with Crippen molar-refractivity contribution in [3.05, 3.63) is 24.3 Å². The Hall–Kier alpha value is -2.08. The van der Waals surface area contributed by atoms with E-state index in [1.807, 2.05) is 0 Å². The molecule has 0 atom stereocenters. The van der Waals surface area contributed by atoms with E-state index in [4.69, 9.17) is 15.9 Å². The van der Waals surface area contributed by atoms with Gasteiger partial charge in [-0.05, 0) is 24.3 Å². The first-order chi connectivity index (χ1) is 7.56. The molecule has 0 saturated heterocycles. The first-order valence-electron chi connectivity index (χ1n) is 4.57. The average molecular weight is 224 g/mol. The third-order valence-electron chi connectivity index (χ3n) is 1.94. The molecular weight excluding hydrogens is 212 g/mol. The van der Waals surface area contributed by atoms with Gasteiger partial charge in [0.1, 0.15) is 5.75 Å². The summed E-state index contributed by atoms with van der Waals surface area (Å²) in [6.07, 6.45) is 0. The number of nitrogens with zero attached hydrogens (tertiary/aromatic N) is 1. The number of benzene rings is 1. The van der Waals surface area contributed by atoms with Crippen molar-refractivity contribution in [1.29, 1.82) is 0 Å². The first kappa shape index (κ1) is 12.0. The number of nitrogens with two attached hydrogens (primary N) is 1. The fourth-order valence-electron chi connectivity index (χ4n) is 1.21. The van der Waals surface area contributed by atoms with Crippen LogP contribution in [-0.4, -0.2) is 35.2 Å². The number of phenols is 1. The minimum Gasteiger partial charge on any atom is -0.508 e. The van der Waals surface area contributed by atoms with Crippen LogP contribution in [0.4, 0.5) is 5.69 Å². The van der Waals surface area contributed by atoms with E-state index in [-0.39, 0.29) is 18.9 Å². The molecule has 0 unspecified atom stereocenters. The largest absolute Gasteiger partial charge is 0.508 e. The number of hydrogen-bond acceptors (Lipinski definition) is 4. The number of anilines is 1. The predicted octanol–water partition coefficient (Wildman–Crippen LogP) is -0.797. The number of carbonyl (C=O) groups is 2. The summed E-state index contributed by atoms with van der Waals surface area (Å²) in [4.78, 5) is 23.2. The van der Waals surface area contributed by atoms with E-state index in [2.05, 4.69) is 0 Å². The van der Waals surface area contributed by atoms with E-state index >= 15 is 0 Å². The van der Waals surface area contributed by atoms with E-state index in [1.165, 1.54) is 24.3 Å². The monoisotopic (exact) mass is 224 g/mol. The molecule has 0 aliphatic heterocycles. The second kappa shape index (κ2) is 5.13. The average Bonchev–Trinajstić information content (AvgIpc) is 2.26. The molecule has 1 aromatic carbocycles. The summed E-state index contributed by atoms with van der Waals surface area (Å²) in [7, 11) is 0. The molecule has 6 nitrogen and oxygen atoms in total. The molecule has 0 bridgehead atoms. The van der Waals surface area contributed by atoms with Gasteiger partial charge in [-0.3, -0.25) is 9.59 Å². The van der Waals surface area contributed by atoms with Gasteiger partial charge in [0.25, 0.3) is 0 Å². The third kappa shape index (κ3) is 2.71. The number of primary amides is 1. The molecule has 6 heteroatoms. The lowest BCUT2D eigenvalue weighted by Crippen LogP contribution is -2.41. The highest BCUT2D eigenvalue weighted by atomic mass is 16.3. The quantitative estimate of drug-likeness (QED) is 0.585. The summed E-state index contributed by atoms with van der Waals surface area (Å²) in [5.74, 6) is -1.96. The molecule has 2 amide bonds. The van der Waals surface area contributed by atoms with Crippen LogP contribution in [0.1, 0.15) is 0 Å². The lowest BCUT2D eigenvalue weighted by atomic mass is 10.2. The van der Waals surface area contributed by atoms with Crippen molar-refractivity contribution in [2.45, 2.75) is 0 Å². The van der Waals surface area contributed by atoms with Crippen molar-refractivity contribution >= 4 is 17.5 Å². The summed E-state index contributed by atoms with van der Waals surface area (Å²) < 4.78 is 0. The maximum absolute atomic E-state index is 11.4. The Balaban J connectivity index is 2.97. The molecule has 1 aromatic rings. The normalized spacial score (nSPS) is 9.81. The Morgan fingerprint density at radius 1 is 1.25 bits per heavy atom. The summed E-state index contributed by atoms with van der Waals surface area (Å²) in [6, 6.07) is 5.64. The lowest BCUT2D eigenvalue weighted by molar-refractivity contribution is -0.135. The van der Waals surface area contributed by atoms with Gasteiger partial charge in [-0.1, -0.05) is 0 Å². The highest BCUT2D eigenvalue weighted by Crippen LogP contribution is 2.18. The van der Waals surface area contributed by atoms with Gasteiger partial charge in [0.2, 0.25) is 0 Å². The van der Waals surface area contributed by atoms with E-state index in [0.717, 1.165) is 4.90 Å². The number of carbonyl (C=O) groups excluding carboxylic acids is 2. The van der Waals surface area contributed by atoms with Crippen LogP contribution in [0.3, 0.4) is 0 Å². The van der Waals surface area contributed by atoms with Crippen LogP contribution >= 0.6 is 0 Å². The maximum atomic E-state index is 11.4. The van der Waals surface area contributed by atoms with Crippen LogP contribution in [-0.2, 0) is 9.59 Å². The second-order valence-electron chi connectivity index (χ2n) is 3.06. The van der Waals surface area contributed by atoms with E-state index in [0.29, 0.717) is 5.69 Å². The molecule has 0 aliphatic carbocycles. The first-order valence-corrected chi connectivity index (χ1v) is 4.57. The van der Waals surface area contributed by atoms with Crippen molar-refractivity contribution in [1.82, 2.24) is 0 Å². The zero-order valence-electron chi connectivity index (χ0n) is 8.46. The molecule has 16 heavy (non-hydrogen) atoms. The molecule has 0 saturated carbocycles. The van der Waals surface area contributed by atoms with Crippen molar-refractivity contribution in [3.63, 3.8) is 0 Å². The molecule has 0 fully saturated rings. The van der Waals surface area contributed by atoms with Crippen LogP contribution in [0.25, 0.3) is 0 Å². The molecule has 0 radical (unpaired) electrons. The number of amides is 2. The number of aliphatic hydroxyl groups excluding tert-OH is 1. The maximum Gasteiger partial charge on any atom is 0.316 e. The molecule has 0 heterocycles. The van der Waals surface area contributed by atoms with Crippen LogP contribution in [0.5, 0.6) is 5.75 Å². The Labute approximate surface area is 91.9 Å². The number of phenolic OH excluding ortho intramolecular Hbond substituents is 1. The Kier molecular flexibility index (Phi) is 3.84. The highest BCUT2D eigenvalue weighted by molar-refractivity contribution is 6.39. The third-order valence-corrected chi connectivity index (χ3v) is 1.94. The van der Waals surface area contributed by atoms with Crippen LogP contribution in [0.15, 0.2) is 24.3 Å². The minimum atomic E-state index is -1.10. The standard InChI is InChI=1S/C10H12N2O4/c11-9(15)10(16)12(5-6-13)7-1-3-8(14)4-2-7/h1-4,13-14H,5-6H2,(H2,11,15). The Morgan fingerprint density at radius 2 is 1.81 bits per heavy atom. The fraction of sp³-hybridized carbons (Fsp3) is 0.200. The number of hydrogen-bond donors (Lipinski definition) is 3. The number of aromatic hydroxyl groups is 1. The molecule has 0 aromatic heterocycles. The van der Waals surface area contributed by atoms with Gasteiger partial charge in [-0.25, -0.2) is 0 Å². The van der Waals surface area contributed by atoms with Gasteiger partial charge < -0.3 is 20.8 Å². The SMILES string of the molecule is NC(=O)C(=O)N(CCO)c1ccc(O)cc1. The molecular formula is C10H12N2O4. The zero-order chi connectivity index (χ0) is 12.1. The molecule has 1 rings (SSSR count). The van der Waals surface area contributed by atoms with Gasteiger partial charge >= 0.3 is 11.8 Å². The van der Waals surface area contributed by atoms with Crippen LogP contribution < -0.4 is 10.6 Å². The van der Waals surface area contributed by atoms with Gasteiger partial charge in [0.15, 0.2) is 0 Å². The van der Waals surface area contributed by atoms with Gasteiger partial charge in [0.05, 0.1) is 6.61 Å². The number of rotatable bonds is 3. The summed E-state index contributed by atoms with van der Waals surface area (Å²) in [6.45, 7) is -0.327. The zero-order valence-corrected chi connectivity index (χ0v) is 8.46. The minimum absolute atomic E-state index is 0.0352. The van der Waals surface area contributed by atoms with Crippen molar-refractivity contribution in [2.75, 3.05) is 18.1 Å². The van der Waals surface area contributed by atoms with Crippen molar-refractivity contribution < 1.29 is 19.8 Å². The van der Waals surface area contributed by atoms with Gasteiger partial charge in [-0.15, -0.1) is 0 Å². The molecule has 0 aliphatic rings. The van der Waals surface area contributed by atoms with Crippen LogP contribution in [0.2, 0.25) is 0 Å². The Morgan fingerprint density at radius 3 is 2.25 bits per heavy atom. The topological polar surface area (TPSA) is 104 Å². The smallest absolute Gasteiger partial charge is 0.316 e. The Bertz CT molecular complexity index is 388. The van der Waals surface area contributed by atoms with Crippen molar-refractivity contribution in [3.8, 4) is 5.75 Å². The van der Waals surface area contributed by atoms with Gasteiger partial charge in [0, 0.05) is 12.2 Å².